The number of aliphatic hydroxyl groups excluding tert-OH is 1. The molecule has 3 nitrogen and oxygen atoms in total. The Morgan fingerprint density at radius 1 is 0.920 bits per heavy atom. The van der Waals surface area contributed by atoms with Gasteiger partial charge in [-0.2, -0.15) is 0 Å². The summed E-state index contributed by atoms with van der Waals surface area (Å²) in [6, 6.07) is 12.6. The topological polar surface area (TPSA) is 38.7 Å². The van der Waals surface area contributed by atoms with E-state index >= 15 is 0 Å². The predicted octanol–water partition coefficient (Wildman–Crippen LogP) is 5.12. The van der Waals surface area contributed by atoms with Crippen LogP contribution in [0.4, 0.5) is 0 Å². The molecule has 0 aliphatic heterocycles. The van der Waals surface area contributed by atoms with Crippen LogP contribution in [-0.2, 0) is 24.4 Å². The third-order valence-electron chi connectivity index (χ3n) is 4.35. The van der Waals surface area contributed by atoms with E-state index in [2.05, 4.69) is 44.2 Å². The molecule has 1 N–H and O–H groups in total. The molecule has 0 spiro atoms. The van der Waals surface area contributed by atoms with Gasteiger partial charge in [0.05, 0.1) is 19.8 Å². The molecular weight excluding hydrogens is 312 g/mol. The number of rotatable bonds is 10. The van der Waals surface area contributed by atoms with Crippen molar-refractivity contribution in [2.75, 3.05) is 13.7 Å². The molecule has 0 saturated carbocycles. The third kappa shape index (κ3) is 5.32. The van der Waals surface area contributed by atoms with Crippen LogP contribution < -0.4 is 4.74 Å². The highest BCUT2D eigenvalue weighted by molar-refractivity contribution is 5.69. The number of hydrogen-bond donors (Lipinski definition) is 1. The molecule has 0 fully saturated rings. The third-order valence-corrected chi connectivity index (χ3v) is 4.35. The van der Waals surface area contributed by atoms with E-state index in [9.17, 15) is 5.11 Å². The van der Waals surface area contributed by atoms with Gasteiger partial charge in [0, 0.05) is 7.11 Å². The Bertz CT molecular complexity index is 664. The SMILES string of the molecule is CCCCOc1ccc(-c2ccc(CO)c(COC)c2)c(CCC)c1. The number of methoxy groups -OCH3 is 1. The lowest BCUT2D eigenvalue weighted by Crippen LogP contribution is -2.00. The van der Waals surface area contributed by atoms with Crippen molar-refractivity contribution >= 4 is 0 Å². The Morgan fingerprint density at radius 2 is 1.76 bits per heavy atom. The number of hydrogen-bond acceptors (Lipinski definition) is 3. The first-order chi connectivity index (χ1) is 12.2. The summed E-state index contributed by atoms with van der Waals surface area (Å²) in [5.41, 5.74) is 5.64. The zero-order chi connectivity index (χ0) is 18.1. The van der Waals surface area contributed by atoms with Crippen LogP contribution >= 0.6 is 0 Å². The van der Waals surface area contributed by atoms with Gasteiger partial charge in [-0.25, -0.2) is 0 Å². The van der Waals surface area contributed by atoms with Gasteiger partial charge >= 0.3 is 0 Å². The van der Waals surface area contributed by atoms with E-state index in [-0.39, 0.29) is 6.61 Å². The van der Waals surface area contributed by atoms with Crippen LogP contribution in [0.1, 0.15) is 49.8 Å². The van der Waals surface area contributed by atoms with Gasteiger partial charge < -0.3 is 14.6 Å². The highest BCUT2D eigenvalue weighted by Gasteiger charge is 2.10. The maximum Gasteiger partial charge on any atom is 0.119 e. The molecule has 0 amide bonds. The fraction of sp³-hybridized carbons (Fsp3) is 0.455. The minimum absolute atomic E-state index is 0.0327. The van der Waals surface area contributed by atoms with Crippen molar-refractivity contribution in [3.63, 3.8) is 0 Å². The van der Waals surface area contributed by atoms with Crippen molar-refractivity contribution in [1.29, 1.82) is 0 Å². The van der Waals surface area contributed by atoms with Crippen LogP contribution in [0.5, 0.6) is 5.75 Å². The summed E-state index contributed by atoms with van der Waals surface area (Å²) in [6.45, 7) is 5.67. The van der Waals surface area contributed by atoms with Crippen molar-refractivity contribution < 1.29 is 14.6 Å². The van der Waals surface area contributed by atoms with E-state index in [1.165, 1.54) is 11.1 Å². The van der Waals surface area contributed by atoms with Gasteiger partial charge in [-0.15, -0.1) is 0 Å². The van der Waals surface area contributed by atoms with E-state index in [1.54, 1.807) is 7.11 Å². The standard InChI is InChI=1S/C22H30O3/c1-4-6-12-25-21-10-11-22(17(14-21)7-5-2)18-8-9-19(15-23)20(13-18)16-24-3/h8-11,13-14,23H,4-7,12,15-16H2,1-3H3. The molecule has 0 radical (unpaired) electrons. The highest BCUT2D eigenvalue weighted by atomic mass is 16.5. The summed E-state index contributed by atoms with van der Waals surface area (Å²) in [5, 5.41) is 9.51. The lowest BCUT2D eigenvalue weighted by Gasteiger charge is -2.15. The van der Waals surface area contributed by atoms with Crippen molar-refractivity contribution in [3.8, 4) is 16.9 Å². The number of aryl methyl sites for hydroxylation is 1. The lowest BCUT2D eigenvalue weighted by atomic mass is 9.94. The first-order valence-electron chi connectivity index (χ1n) is 9.21. The summed E-state index contributed by atoms with van der Waals surface area (Å²) in [5.74, 6) is 0.949. The summed E-state index contributed by atoms with van der Waals surface area (Å²) in [4.78, 5) is 0. The van der Waals surface area contributed by atoms with Gasteiger partial charge in [-0.3, -0.25) is 0 Å². The molecule has 2 aromatic carbocycles. The van der Waals surface area contributed by atoms with E-state index in [4.69, 9.17) is 9.47 Å². The number of unbranched alkanes of at least 4 members (excludes halogenated alkanes) is 1. The van der Waals surface area contributed by atoms with Crippen molar-refractivity contribution in [1.82, 2.24) is 0 Å². The molecular formula is C22H30O3. The maximum atomic E-state index is 9.51. The number of aliphatic hydroxyl groups is 1. The molecule has 0 aliphatic rings. The van der Waals surface area contributed by atoms with E-state index < -0.39 is 0 Å². The average molecular weight is 342 g/mol. The van der Waals surface area contributed by atoms with Crippen LogP contribution in [0.3, 0.4) is 0 Å². The van der Waals surface area contributed by atoms with Gasteiger partial charge in [0.1, 0.15) is 5.75 Å². The smallest absolute Gasteiger partial charge is 0.119 e. The lowest BCUT2D eigenvalue weighted by molar-refractivity contribution is 0.181. The Kier molecular flexibility index (Phi) is 7.96. The molecule has 136 valence electrons. The molecule has 0 atom stereocenters. The Morgan fingerprint density at radius 3 is 2.44 bits per heavy atom. The molecule has 0 saturated heterocycles. The molecule has 2 rings (SSSR count). The van der Waals surface area contributed by atoms with E-state index in [0.29, 0.717) is 6.61 Å². The quantitative estimate of drug-likeness (QED) is 0.609. The zero-order valence-corrected chi connectivity index (χ0v) is 15.7. The van der Waals surface area contributed by atoms with Crippen LogP contribution in [-0.4, -0.2) is 18.8 Å². The molecule has 0 bridgehead atoms. The highest BCUT2D eigenvalue weighted by Crippen LogP contribution is 2.30. The molecule has 3 heteroatoms. The molecule has 0 aromatic heterocycles. The van der Waals surface area contributed by atoms with Crippen LogP contribution in [0.15, 0.2) is 36.4 Å². The normalized spacial score (nSPS) is 10.9. The summed E-state index contributed by atoms with van der Waals surface area (Å²) in [7, 11) is 1.68. The average Bonchev–Trinajstić information content (AvgIpc) is 2.63. The Balaban J connectivity index is 2.35. The monoisotopic (exact) mass is 342 g/mol. The Labute approximate surface area is 151 Å². The van der Waals surface area contributed by atoms with Gasteiger partial charge in [-0.05, 0) is 58.9 Å². The summed E-state index contributed by atoms with van der Waals surface area (Å²) in [6.07, 6.45) is 4.32. The first-order valence-corrected chi connectivity index (χ1v) is 9.21. The van der Waals surface area contributed by atoms with Crippen molar-refractivity contribution in [2.45, 2.75) is 52.7 Å². The van der Waals surface area contributed by atoms with Gasteiger partial charge in [0.2, 0.25) is 0 Å². The van der Waals surface area contributed by atoms with Gasteiger partial charge in [0.25, 0.3) is 0 Å². The second kappa shape index (κ2) is 10.2. The van der Waals surface area contributed by atoms with Gasteiger partial charge in [-0.1, -0.05) is 44.9 Å². The Hall–Kier alpha value is -1.84. The molecule has 0 aliphatic carbocycles. The molecule has 2 aromatic rings. The second-order valence-corrected chi connectivity index (χ2v) is 6.35. The number of benzene rings is 2. The molecule has 0 heterocycles. The largest absolute Gasteiger partial charge is 0.494 e. The first kappa shape index (κ1) is 19.5. The summed E-state index contributed by atoms with van der Waals surface area (Å²) >= 11 is 0. The van der Waals surface area contributed by atoms with Crippen LogP contribution in [0.2, 0.25) is 0 Å². The summed E-state index contributed by atoms with van der Waals surface area (Å²) < 4.78 is 11.2. The minimum atomic E-state index is 0.0327. The molecule has 25 heavy (non-hydrogen) atoms. The van der Waals surface area contributed by atoms with Gasteiger partial charge in [0.15, 0.2) is 0 Å². The fourth-order valence-electron chi connectivity index (χ4n) is 2.99. The molecule has 0 unspecified atom stereocenters. The number of ether oxygens (including phenoxy) is 2. The van der Waals surface area contributed by atoms with Crippen LogP contribution in [0, 0.1) is 0 Å². The minimum Gasteiger partial charge on any atom is -0.494 e. The van der Waals surface area contributed by atoms with E-state index in [1.807, 2.05) is 6.07 Å². The zero-order valence-electron chi connectivity index (χ0n) is 15.7. The second-order valence-electron chi connectivity index (χ2n) is 6.35. The fourth-order valence-corrected chi connectivity index (χ4v) is 2.99. The maximum absolute atomic E-state index is 9.51. The van der Waals surface area contributed by atoms with Crippen LogP contribution in [0.25, 0.3) is 11.1 Å². The van der Waals surface area contributed by atoms with E-state index in [0.717, 1.165) is 54.7 Å². The van der Waals surface area contributed by atoms with Crippen molar-refractivity contribution in [3.05, 3.63) is 53.1 Å². The van der Waals surface area contributed by atoms with Crippen molar-refractivity contribution in [2.24, 2.45) is 0 Å². The predicted molar refractivity (Wildman–Crippen MR) is 103 cm³/mol.